The second-order valence-electron chi connectivity index (χ2n) is 4.83. The van der Waals surface area contributed by atoms with E-state index in [0.29, 0.717) is 10.9 Å². The lowest BCUT2D eigenvalue weighted by molar-refractivity contribution is -0.0157. The summed E-state index contributed by atoms with van der Waals surface area (Å²) >= 11 is 9.15. The van der Waals surface area contributed by atoms with Crippen molar-refractivity contribution in [3.8, 4) is 5.75 Å². The zero-order valence-electron chi connectivity index (χ0n) is 9.44. The predicted octanol–water partition coefficient (Wildman–Crippen LogP) is 4.51. The van der Waals surface area contributed by atoms with Gasteiger partial charge in [0.25, 0.3) is 0 Å². The molecule has 2 unspecified atom stereocenters. The minimum Gasteiger partial charge on any atom is -0.487 e. The third-order valence-corrected chi connectivity index (χ3v) is 4.49. The smallest absolute Gasteiger partial charge is 0.200 e. The first kappa shape index (κ1) is 13.1. The lowest BCUT2D eigenvalue weighted by atomic mass is 9.68. The molecule has 94 valence electrons. The molecule has 2 atom stereocenters. The van der Waals surface area contributed by atoms with E-state index in [9.17, 15) is 8.78 Å². The third-order valence-electron chi connectivity index (χ3n) is 3.29. The fraction of sp³-hybridized carbons (Fsp3) is 0.500. The van der Waals surface area contributed by atoms with Crippen molar-refractivity contribution in [2.45, 2.75) is 31.7 Å². The Kier molecular flexibility index (Phi) is 3.38. The van der Waals surface area contributed by atoms with Gasteiger partial charge in [-0.25, -0.2) is 4.39 Å². The number of alkyl halides is 1. The van der Waals surface area contributed by atoms with Crippen LogP contribution in [-0.2, 0) is 0 Å². The highest BCUT2D eigenvalue weighted by molar-refractivity contribution is 9.10. The molecule has 0 spiro atoms. The molecule has 2 rings (SSSR count). The molecule has 1 aromatic rings. The molecule has 1 aromatic carbocycles. The SMILES string of the molecule is CC1(C)C(Cl)CC1Oc1cc(Br)cc(F)c1F. The highest BCUT2D eigenvalue weighted by atomic mass is 79.9. The number of benzene rings is 1. The highest BCUT2D eigenvalue weighted by Crippen LogP contribution is 2.46. The summed E-state index contributed by atoms with van der Waals surface area (Å²) in [7, 11) is 0. The van der Waals surface area contributed by atoms with E-state index in [-0.39, 0.29) is 22.6 Å². The molecule has 0 heterocycles. The summed E-state index contributed by atoms with van der Waals surface area (Å²) in [6, 6.07) is 2.49. The van der Waals surface area contributed by atoms with Gasteiger partial charge >= 0.3 is 0 Å². The van der Waals surface area contributed by atoms with Gasteiger partial charge in [-0.2, -0.15) is 4.39 Å². The standard InChI is InChI=1S/C12H12BrClF2O/c1-12(2)9(14)5-10(12)17-8-4-6(13)3-7(15)11(8)16/h3-4,9-10H,5H2,1-2H3. The molecule has 0 aromatic heterocycles. The van der Waals surface area contributed by atoms with E-state index in [0.717, 1.165) is 6.07 Å². The van der Waals surface area contributed by atoms with Crippen LogP contribution in [0, 0.1) is 17.0 Å². The van der Waals surface area contributed by atoms with Crippen LogP contribution < -0.4 is 4.74 Å². The zero-order valence-corrected chi connectivity index (χ0v) is 11.8. The minimum absolute atomic E-state index is 0.00700. The normalized spacial score (nSPS) is 26.5. The van der Waals surface area contributed by atoms with Crippen LogP contribution in [0.5, 0.6) is 5.75 Å². The maximum absolute atomic E-state index is 13.5. The van der Waals surface area contributed by atoms with E-state index in [2.05, 4.69) is 15.9 Å². The van der Waals surface area contributed by atoms with Crippen molar-refractivity contribution in [1.29, 1.82) is 0 Å². The van der Waals surface area contributed by atoms with Crippen molar-refractivity contribution < 1.29 is 13.5 Å². The fourth-order valence-electron chi connectivity index (χ4n) is 1.81. The molecule has 1 aliphatic carbocycles. The van der Waals surface area contributed by atoms with Crippen molar-refractivity contribution in [2.75, 3.05) is 0 Å². The fourth-order valence-corrected chi connectivity index (χ4v) is 2.52. The topological polar surface area (TPSA) is 9.23 Å². The van der Waals surface area contributed by atoms with Crippen molar-refractivity contribution in [3.05, 3.63) is 28.2 Å². The quantitative estimate of drug-likeness (QED) is 0.574. The number of ether oxygens (including phenoxy) is 1. The van der Waals surface area contributed by atoms with Gasteiger partial charge in [-0.05, 0) is 12.1 Å². The van der Waals surface area contributed by atoms with E-state index in [1.807, 2.05) is 13.8 Å². The Morgan fingerprint density at radius 1 is 1.41 bits per heavy atom. The van der Waals surface area contributed by atoms with E-state index >= 15 is 0 Å². The van der Waals surface area contributed by atoms with E-state index in [1.165, 1.54) is 6.07 Å². The van der Waals surface area contributed by atoms with Crippen LogP contribution in [0.1, 0.15) is 20.3 Å². The number of hydrogen-bond acceptors (Lipinski definition) is 1. The third kappa shape index (κ3) is 2.29. The lowest BCUT2D eigenvalue weighted by Crippen LogP contribution is -2.53. The summed E-state index contributed by atoms with van der Waals surface area (Å²) in [5.74, 6) is -1.95. The van der Waals surface area contributed by atoms with Crippen LogP contribution in [0.2, 0.25) is 0 Å². The molecule has 1 saturated carbocycles. The summed E-state index contributed by atoms with van der Waals surface area (Å²) in [4.78, 5) is 0. The van der Waals surface area contributed by atoms with Gasteiger partial charge < -0.3 is 4.74 Å². The van der Waals surface area contributed by atoms with Gasteiger partial charge in [-0.15, -0.1) is 11.6 Å². The molecule has 0 saturated heterocycles. The second kappa shape index (κ2) is 4.39. The van der Waals surface area contributed by atoms with Crippen LogP contribution in [0.25, 0.3) is 0 Å². The Bertz CT molecular complexity index is 450. The molecule has 0 amide bonds. The molecule has 0 bridgehead atoms. The summed E-state index contributed by atoms with van der Waals surface area (Å²) in [5.41, 5.74) is -0.229. The number of halogens is 4. The van der Waals surface area contributed by atoms with Gasteiger partial charge in [0.1, 0.15) is 6.10 Å². The van der Waals surface area contributed by atoms with E-state index in [4.69, 9.17) is 16.3 Å². The number of rotatable bonds is 2. The van der Waals surface area contributed by atoms with Gasteiger partial charge in [-0.1, -0.05) is 29.8 Å². The molecular weight excluding hydrogens is 313 g/mol. The van der Waals surface area contributed by atoms with Gasteiger partial charge in [0.05, 0.1) is 0 Å². The van der Waals surface area contributed by atoms with Gasteiger partial charge in [0.15, 0.2) is 11.6 Å². The molecule has 0 N–H and O–H groups in total. The second-order valence-corrected chi connectivity index (χ2v) is 6.27. The van der Waals surface area contributed by atoms with Gasteiger partial charge in [-0.3, -0.25) is 0 Å². The summed E-state index contributed by atoms with van der Waals surface area (Å²) in [6.45, 7) is 3.90. The predicted molar refractivity (Wildman–Crippen MR) is 66.5 cm³/mol. The van der Waals surface area contributed by atoms with Crippen LogP contribution in [-0.4, -0.2) is 11.5 Å². The molecule has 0 aliphatic heterocycles. The van der Waals surface area contributed by atoms with Crippen molar-refractivity contribution in [1.82, 2.24) is 0 Å². The Morgan fingerprint density at radius 2 is 2.06 bits per heavy atom. The van der Waals surface area contributed by atoms with Crippen molar-refractivity contribution in [3.63, 3.8) is 0 Å². The molecule has 5 heteroatoms. The monoisotopic (exact) mass is 324 g/mol. The maximum Gasteiger partial charge on any atom is 0.200 e. The molecule has 1 aliphatic rings. The summed E-state index contributed by atoms with van der Waals surface area (Å²) in [5, 5.41) is 0.00700. The summed E-state index contributed by atoms with van der Waals surface area (Å²) in [6.07, 6.45) is 0.454. The highest BCUT2D eigenvalue weighted by Gasteiger charge is 2.49. The molecule has 0 radical (unpaired) electrons. The maximum atomic E-state index is 13.5. The van der Waals surface area contributed by atoms with Crippen molar-refractivity contribution in [2.24, 2.45) is 5.41 Å². The average molecular weight is 326 g/mol. The van der Waals surface area contributed by atoms with E-state index < -0.39 is 11.6 Å². The van der Waals surface area contributed by atoms with Crippen LogP contribution in [0.4, 0.5) is 8.78 Å². The lowest BCUT2D eigenvalue weighted by Gasteiger charge is -2.48. The molecule has 1 fully saturated rings. The Labute approximate surface area is 112 Å². The average Bonchev–Trinajstić information content (AvgIpc) is 2.24. The first-order chi connectivity index (χ1) is 7.82. The first-order valence-corrected chi connectivity index (χ1v) is 6.50. The largest absolute Gasteiger partial charge is 0.487 e. The van der Waals surface area contributed by atoms with Crippen LogP contribution in [0.3, 0.4) is 0 Å². The van der Waals surface area contributed by atoms with Crippen LogP contribution in [0.15, 0.2) is 16.6 Å². The summed E-state index contributed by atoms with van der Waals surface area (Å²) < 4.78 is 32.6. The molecule has 1 nitrogen and oxygen atoms in total. The van der Waals surface area contributed by atoms with Gasteiger partial charge in [0, 0.05) is 21.7 Å². The van der Waals surface area contributed by atoms with Crippen molar-refractivity contribution >= 4 is 27.5 Å². The Balaban J connectivity index is 2.20. The van der Waals surface area contributed by atoms with E-state index in [1.54, 1.807) is 0 Å². The van der Waals surface area contributed by atoms with Gasteiger partial charge in [0.2, 0.25) is 5.82 Å². The Morgan fingerprint density at radius 3 is 2.59 bits per heavy atom. The Hall–Kier alpha value is -0.350. The zero-order chi connectivity index (χ0) is 12.8. The molecular formula is C12H12BrClF2O. The first-order valence-electron chi connectivity index (χ1n) is 5.27. The van der Waals surface area contributed by atoms with Crippen LogP contribution >= 0.6 is 27.5 Å². The number of hydrogen-bond donors (Lipinski definition) is 0. The molecule has 17 heavy (non-hydrogen) atoms. The minimum atomic E-state index is -0.956.